The normalized spacial score (nSPS) is 10.8. The van der Waals surface area contributed by atoms with Crippen LogP contribution in [0.5, 0.6) is 0 Å². The van der Waals surface area contributed by atoms with Crippen molar-refractivity contribution in [1.29, 1.82) is 0 Å². The van der Waals surface area contributed by atoms with E-state index in [4.69, 9.17) is 23.2 Å². The second kappa shape index (κ2) is 4.56. The molecule has 0 radical (unpaired) electrons. The summed E-state index contributed by atoms with van der Waals surface area (Å²) in [7, 11) is 0. The van der Waals surface area contributed by atoms with Crippen molar-refractivity contribution in [1.82, 2.24) is 9.97 Å². The molecule has 88 valence electrons. The maximum Gasteiger partial charge on any atom is 0.116 e. The topological polar surface area (TPSA) is 25.8 Å². The van der Waals surface area contributed by atoms with Crippen molar-refractivity contribution in [2.75, 3.05) is 0 Å². The molecule has 0 fully saturated rings. The van der Waals surface area contributed by atoms with E-state index in [1.54, 1.807) is 6.20 Å². The van der Waals surface area contributed by atoms with E-state index in [1.807, 2.05) is 36.4 Å². The molecule has 0 spiro atoms. The Morgan fingerprint density at radius 1 is 0.944 bits per heavy atom. The van der Waals surface area contributed by atoms with Crippen LogP contribution in [0.25, 0.3) is 22.0 Å². The summed E-state index contributed by atoms with van der Waals surface area (Å²) in [6, 6.07) is 11.4. The number of fused-ring (bicyclic) bond motifs is 1. The van der Waals surface area contributed by atoms with Gasteiger partial charge >= 0.3 is 0 Å². The van der Waals surface area contributed by atoms with Gasteiger partial charge in [0.05, 0.1) is 10.5 Å². The first kappa shape index (κ1) is 11.5. The third-order valence-corrected chi connectivity index (χ3v) is 3.31. The quantitative estimate of drug-likeness (QED) is 0.648. The van der Waals surface area contributed by atoms with Crippen molar-refractivity contribution in [2.45, 2.75) is 0 Å². The molecule has 0 amide bonds. The predicted molar refractivity (Wildman–Crippen MR) is 75.0 cm³/mol. The average Bonchev–Trinajstić information content (AvgIpc) is 2.39. The molecule has 3 aromatic rings. The molecule has 4 heteroatoms. The Bertz CT molecular complexity index is 709. The van der Waals surface area contributed by atoms with Gasteiger partial charge < -0.3 is 0 Å². The van der Waals surface area contributed by atoms with Gasteiger partial charge in [-0.05, 0) is 29.8 Å². The molecule has 0 saturated carbocycles. The van der Waals surface area contributed by atoms with E-state index in [0.717, 1.165) is 22.0 Å². The van der Waals surface area contributed by atoms with E-state index in [-0.39, 0.29) is 0 Å². The first-order valence-corrected chi connectivity index (χ1v) is 6.15. The number of aromatic nitrogens is 2. The number of nitrogens with zero attached hydrogens (tertiary/aromatic N) is 2. The Labute approximate surface area is 114 Å². The minimum atomic E-state index is 0.670. The molecule has 1 heterocycles. The molecular formula is C14H8Cl2N2. The minimum absolute atomic E-state index is 0.670. The summed E-state index contributed by atoms with van der Waals surface area (Å²) >= 11 is 12.2. The van der Waals surface area contributed by atoms with Crippen LogP contribution >= 0.6 is 23.2 Å². The Morgan fingerprint density at radius 3 is 2.50 bits per heavy atom. The van der Waals surface area contributed by atoms with Gasteiger partial charge in [-0.15, -0.1) is 0 Å². The predicted octanol–water partition coefficient (Wildman–Crippen LogP) is 4.60. The zero-order valence-electron chi connectivity index (χ0n) is 9.27. The summed E-state index contributed by atoms with van der Waals surface area (Å²) in [6.07, 6.45) is 3.29. The molecule has 2 aromatic carbocycles. The highest BCUT2D eigenvalue weighted by atomic mass is 35.5. The SMILES string of the molecule is Clc1ccc(-c2cc3cncnc3cc2Cl)cc1. The second-order valence-electron chi connectivity index (χ2n) is 3.92. The molecule has 18 heavy (non-hydrogen) atoms. The Kier molecular flexibility index (Phi) is 2.90. The van der Waals surface area contributed by atoms with Gasteiger partial charge in [0, 0.05) is 22.2 Å². The summed E-state index contributed by atoms with van der Waals surface area (Å²) in [6.45, 7) is 0. The van der Waals surface area contributed by atoms with E-state index < -0.39 is 0 Å². The lowest BCUT2D eigenvalue weighted by Gasteiger charge is -2.06. The highest BCUT2D eigenvalue weighted by Gasteiger charge is 2.06. The highest BCUT2D eigenvalue weighted by Crippen LogP contribution is 2.31. The van der Waals surface area contributed by atoms with Crippen molar-refractivity contribution < 1.29 is 0 Å². The standard InChI is InChI=1S/C14H8Cl2N2/c15-11-3-1-9(2-4-11)12-5-10-7-17-8-18-14(10)6-13(12)16/h1-8H. The van der Waals surface area contributed by atoms with E-state index in [9.17, 15) is 0 Å². The first-order chi connectivity index (χ1) is 8.74. The van der Waals surface area contributed by atoms with Crippen LogP contribution in [0.3, 0.4) is 0 Å². The van der Waals surface area contributed by atoms with Crippen LogP contribution in [0.15, 0.2) is 48.9 Å². The molecule has 1 aromatic heterocycles. The van der Waals surface area contributed by atoms with Gasteiger partial charge in [-0.2, -0.15) is 0 Å². The third-order valence-electron chi connectivity index (χ3n) is 2.75. The molecular weight excluding hydrogens is 267 g/mol. The average molecular weight is 275 g/mol. The Balaban J connectivity index is 2.22. The molecule has 0 atom stereocenters. The number of hydrogen-bond acceptors (Lipinski definition) is 2. The lowest BCUT2D eigenvalue weighted by Crippen LogP contribution is -1.85. The summed E-state index contributed by atoms with van der Waals surface area (Å²) < 4.78 is 0. The van der Waals surface area contributed by atoms with Crippen LogP contribution in [0.1, 0.15) is 0 Å². The van der Waals surface area contributed by atoms with E-state index in [1.165, 1.54) is 6.33 Å². The summed E-state index contributed by atoms with van der Waals surface area (Å²) in [5, 5.41) is 2.34. The molecule has 0 saturated heterocycles. The van der Waals surface area contributed by atoms with Crippen molar-refractivity contribution in [3.05, 3.63) is 59.0 Å². The number of halogens is 2. The highest BCUT2D eigenvalue weighted by molar-refractivity contribution is 6.34. The maximum atomic E-state index is 6.28. The Morgan fingerprint density at radius 2 is 1.72 bits per heavy atom. The monoisotopic (exact) mass is 274 g/mol. The number of rotatable bonds is 1. The van der Waals surface area contributed by atoms with Crippen molar-refractivity contribution >= 4 is 34.1 Å². The summed E-state index contributed by atoms with van der Waals surface area (Å²) in [5.41, 5.74) is 2.82. The fraction of sp³-hybridized carbons (Fsp3) is 0. The zero-order chi connectivity index (χ0) is 12.5. The summed E-state index contributed by atoms with van der Waals surface area (Å²) in [5.74, 6) is 0. The molecule has 0 N–H and O–H groups in total. The smallest absolute Gasteiger partial charge is 0.116 e. The molecule has 3 rings (SSSR count). The van der Waals surface area contributed by atoms with Crippen molar-refractivity contribution in [3.8, 4) is 11.1 Å². The molecule has 2 nitrogen and oxygen atoms in total. The van der Waals surface area contributed by atoms with Gasteiger partial charge in [0.1, 0.15) is 6.33 Å². The van der Waals surface area contributed by atoms with Crippen LogP contribution in [0.2, 0.25) is 10.0 Å². The van der Waals surface area contributed by atoms with Crippen LogP contribution in [0, 0.1) is 0 Å². The van der Waals surface area contributed by atoms with E-state index in [0.29, 0.717) is 10.0 Å². The number of hydrogen-bond donors (Lipinski definition) is 0. The number of benzene rings is 2. The zero-order valence-corrected chi connectivity index (χ0v) is 10.8. The van der Waals surface area contributed by atoms with Crippen LogP contribution < -0.4 is 0 Å². The van der Waals surface area contributed by atoms with Crippen LogP contribution in [0.4, 0.5) is 0 Å². The van der Waals surface area contributed by atoms with Gasteiger partial charge in [0.15, 0.2) is 0 Å². The van der Waals surface area contributed by atoms with Gasteiger partial charge in [0.25, 0.3) is 0 Å². The molecule has 0 aliphatic carbocycles. The van der Waals surface area contributed by atoms with E-state index in [2.05, 4.69) is 9.97 Å². The van der Waals surface area contributed by atoms with Gasteiger partial charge in [-0.25, -0.2) is 9.97 Å². The second-order valence-corrected chi connectivity index (χ2v) is 4.76. The molecule has 0 bridgehead atoms. The largest absolute Gasteiger partial charge is 0.244 e. The van der Waals surface area contributed by atoms with Crippen LogP contribution in [-0.2, 0) is 0 Å². The summed E-state index contributed by atoms with van der Waals surface area (Å²) in [4.78, 5) is 8.19. The molecule has 0 aliphatic rings. The van der Waals surface area contributed by atoms with Gasteiger partial charge in [-0.3, -0.25) is 0 Å². The lowest BCUT2D eigenvalue weighted by atomic mass is 10.0. The van der Waals surface area contributed by atoms with E-state index >= 15 is 0 Å². The van der Waals surface area contributed by atoms with Crippen molar-refractivity contribution in [3.63, 3.8) is 0 Å². The van der Waals surface area contributed by atoms with Crippen LogP contribution in [-0.4, -0.2) is 9.97 Å². The van der Waals surface area contributed by atoms with Gasteiger partial charge in [-0.1, -0.05) is 35.3 Å². The fourth-order valence-corrected chi connectivity index (χ4v) is 2.25. The van der Waals surface area contributed by atoms with Crippen molar-refractivity contribution in [2.24, 2.45) is 0 Å². The molecule has 0 unspecified atom stereocenters. The fourth-order valence-electron chi connectivity index (χ4n) is 1.85. The maximum absolute atomic E-state index is 6.28. The molecule has 0 aliphatic heterocycles. The first-order valence-electron chi connectivity index (χ1n) is 5.39. The minimum Gasteiger partial charge on any atom is -0.244 e. The third kappa shape index (κ3) is 2.05. The Hall–Kier alpha value is -1.64. The lowest BCUT2D eigenvalue weighted by molar-refractivity contribution is 1.22. The van der Waals surface area contributed by atoms with Gasteiger partial charge in [0.2, 0.25) is 0 Å².